The number of rotatable bonds is 37. The Labute approximate surface area is 892 Å². The molecule has 0 bridgehead atoms. The van der Waals surface area contributed by atoms with Gasteiger partial charge in [-0.25, -0.2) is 0 Å². The zero-order chi connectivity index (χ0) is 97.4. The van der Waals surface area contributed by atoms with Gasteiger partial charge in [-0.1, -0.05) is 368 Å². The topological polar surface area (TPSA) is 278 Å². The summed E-state index contributed by atoms with van der Waals surface area (Å²) in [6, 6.07) is 2.77. The Kier molecular flexibility index (Phi) is 128. The monoisotopic (exact) mass is 2230 g/mol. The van der Waals surface area contributed by atoms with Crippen molar-refractivity contribution >= 4 is 49.4 Å². The molecule has 0 aromatic heterocycles. The van der Waals surface area contributed by atoms with Crippen molar-refractivity contribution in [3.63, 3.8) is 0 Å². The Morgan fingerprint density at radius 1 is 0.300 bits per heavy atom. The molecule has 6 radical (unpaired) electrons. The third-order valence-electron chi connectivity index (χ3n) is 16.2. The van der Waals surface area contributed by atoms with E-state index in [-0.39, 0.29) is 231 Å². The minimum Gasteiger partial charge on any atom is -0.660 e. The van der Waals surface area contributed by atoms with Crippen LogP contribution in [0.1, 0.15) is 328 Å². The number of nitrogens with one attached hydrogen (secondary N) is 6. The summed E-state index contributed by atoms with van der Waals surface area (Å²) in [6.07, 6.45) is 6.87. The summed E-state index contributed by atoms with van der Waals surface area (Å²) in [5, 5.41) is 76.6. The molecule has 30 heteroatoms. The smallest absolute Gasteiger partial charge is 0.660 e. The molecule has 0 saturated carbocycles. The fraction of sp³-hybridized carbons (Fsp3) is 0.940. The molecule has 130 heavy (non-hydrogen) atoms. The molecule has 0 aromatic rings. The first-order valence-electron chi connectivity index (χ1n) is 46.2. The summed E-state index contributed by atoms with van der Waals surface area (Å²) in [5.74, 6) is 0.947. The molecule has 0 aliphatic heterocycles. The third-order valence-corrected chi connectivity index (χ3v) is 24.1. The van der Waals surface area contributed by atoms with Gasteiger partial charge in [0.15, 0.2) is 0 Å². The average Bonchev–Trinajstić information content (AvgIpc) is 0.888. The van der Waals surface area contributed by atoms with Crippen molar-refractivity contribution in [1.29, 1.82) is 0 Å². The second kappa shape index (κ2) is 88.0. The minimum atomic E-state index is -1.40. The molecular weight excluding hydrogens is 1990 g/mol. The van der Waals surface area contributed by atoms with Crippen molar-refractivity contribution in [3.05, 3.63) is 74.5 Å². The number of aliphatic hydroxyl groups excluding tert-OH is 6. The molecule has 0 aliphatic carbocycles. The molecule has 13 atom stereocenters. The van der Waals surface area contributed by atoms with Crippen LogP contribution in [-0.4, -0.2) is 225 Å². The van der Waals surface area contributed by atoms with Crippen molar-refractivity contribution in [2.75, 3.05) is 27.2 Å². The molecule has 0 fully saturated rings. The summed E-state index contributed by atoms with van der Waals surface area (Å²) in [6.45, 7) is 126. The van der Waals surface area contributed by atoms with Crippen LogP contribution in [0, 0.1) is 67.2 Å². The van der Waals surface area contributed by atoms with Crippen LogP contribution < -0.4 is 31.9 Å². The van der Waals surface area contributed by atoms with E-state index >= 15 is 0 Å². The SMILES string of the molecule is CC(C)(C)[N-][Si](C)(C)C.CC(C)(C)[N-][Si](C)(C)C.CC(C)(C)[N-][Si](C)(C)C.CC(C)(C)[N-][Si](C)(C)C.CC(O)CC(C)NC(C)(C)CC(C)(C)[N-][Si](C)(C)C.CC(O)CC(C)NC(C)CC(C)(C)[N-][Si](C)(C)C.CCCNC(C)CC(C)O.CCNC(C)CC(C)O.CNC(CC(O)C(C)(C)C)C(C)(C)C.CNC(CC(O)C(C)C)C(C)C.[CH3-].[CH3-].[CH3-].[CH3-].[CH3-].[CH3-].[Co+2].[Co+2].[Co+2].[Co+2].[Co+2].[Co+2]. The largest absolute Gasteiger partial charge is 2.00 e. The van der Waals surface area contributed by atoms with Crippen LogP contribution in [0.15, 0.2) is 0 Å². The van der Waals surface area contributed by atoms with E-state index in [2.05, 4.69) is 412 Å². The van der Waals surface area contributed by atoms with Crippen LogP contribution in [0.4, 0.5) is 0 Å². The van der Waals surface area contributed by atoms with E-state index in [1.54, 1.807) is 0 Å². The normalized spacial score (nSPS) is 15.0. The Morgan fingerprint density at radius 2 is 0.562 bits per heavy atom. The molecular formula is C100H244Co6N12O6Si6. The predicted octanol–water partition coefficient (Wildman–Crippen LogP) is 28.0. The Hall–Kier alpha value is 3.62. The van der Waals surface area contributed by atoms with Crippen LogP contribution in [-0.2, 0) is 101 Å². The van der Waals surface area contributed by atoms with Gasteiger partial charge < -0.3 is 137 Å². The van der Waals surface area contributed by atoms with E-state index in [0.717, 1.165) is 70.9 Å². The van der Waals surface area contributed by atoms with Crippen LogP contribution in [0.2, 0.25) is 118 Å². The third kappa shape index (κ3) is 171. The van der Waals surface area contributed by atoms with Gasteiger partial charge in [-0.3, -0.25) is 0 Å². The van der Waals surface area contributed by atoms with Gasteiger partial charge in [0.25, 0.3) is 0 Å². The minimum absolute atomic E-state index is 0. The maximum atomic E-state index is 10.0. The number of nitrogens with zero attached hydrogens (tertiary/aromatic N) is 6. The van der Waals surface area contributed by atoms with E-state index in [1.807, 2.05) is 41.8 Å². The van der Waals surface area contributed by atoms with Gasteiger partial charge in [-0.2, -0.15) is 0 Å². The molecule has 12 N–H and O–H groups in total. The van der Waals surface area contributed by atoms with E-state index < -0.39 is 49.4 Å². The van der Waals surface area contributed by atoms with Gasteiger partial charge in [0.05, 0.1) is 36.6 Å². The Morgan fingerprint density at radius 3 is 0.762 bits per heavy atom. The van der Waals surface area contributed by atoms with Gasteiger partial charge >= 0.3 is 101 Å². The van der Waals surface area contributed by atoms with E-state index in [4.69, 9.17) is 20.2 Å². The summed E-state index contributed by atoms with van der Waals surface area (Å²) < 4.78 is 0. The maximum absolute atomic E-state index is 10.0. The summed E-state index contributed by atoms with van der Waals surface area (Å²) in [5.41, 5.74) is 0.930. The zero-order valence-corrected chi connectivity index (χ0v) is 112. The van der Waals surface area contributed by atoms with Crippen molar-refractivity contribution < 1.29 is 131 Å². The van der Waals surface area contributed by atoms with Gasteiger partial charge in [0.2, 0.25) is 0 Å². The predicted molar refractivity (Wildman–Crippen MR) is 595 cm³/mol. The van der Waals surface area contributed by atoms with E-state index in [9.17, 15) is 20.4 Å². The molecule has 0 rings (SSSR count). The van der Waals surface area contributed by atoms with Gasteiger partial charge in [-0.15, -0.1) is 33.2 Å². The fourth-order valence-corrected chi connectivity index (χ4v) is 26.7. The van der Waals surface area contributed by atoms with Crippen LogP contribution in [0.3, 0.4) is 0 Å². The molecule has 818 valence electrons. The van der Waals surface area contributed by atoms with Crippen molar-refractivity contribution in [2.45, 2.75) is 563 Å². The van der Waals surface area contributed by atoms with Gasteiger partial charge in [-0.05, 0) is 177 Å². The summed E-state index contributed by atoms with van der Waals surface area (Å²) in [7, 11) is -3.52. The average molecular weight is 2230 g/mol. The van der Waals surface area contributed by atoms with Crippen molar-refractivity contribution in [2.24, 2.45) is 22.7 Å². The first-order chi connectivity index (χ1) is 51.4. The molecule has 0 aromatic carbocycles. The van der Waals surface area contributed by atoms with Crippen LogP contribution in [0.25, 0.3) is 29.9 Å². The first-order valence-corrected chi connectivity index (χ1v) is 66.9. The van der Waals surface area contributed by atoms with E-state index in [0.29, 0.717) is 54.1 Å². The van der Waals surface area contributed by atoms with E-state index in [1.165, 1.54) is 0 Å². The standard InChI is InChI=1S/C15H35N2OSi.C14H33N2OSi.C12H27NO.C10H23NO.C8H19NO.C7H17NO.4C7H18NSi.6CH3.6Co/c1-12(10-13(2)18)16-14(3,4)11-15(5,6)17-19(7,8)9;1-11(9-13(3)17)15-12(2)10-14(4,5)16-18(6,7)8;1-11(2,3)9(13-7)8-10(14)12(4,5)6;1-7(2)9(11-5)6-10(12)8(3)4;1-4-5-9-7(2)6-8(3)10;1-4-8-6(2)5-7(3)9;4*1-7(2,3)8-9(4,5)6;;;;;;;;;;;;/h12-13,16,18H,10-11H2,1-9H3;11-13,15,17H,9-10H2,1-8H3;9-10,13-14H,8H2,1-7H3;7-12H,6H2,1-5H3;7-10H,4-6H2,1-3H3;6-9H,4-5H2,1-3H3;4*1-6H3;6*1H3;;;;;;/q2*-1;;;;;10*-1;6*+2. The maximum Gasteiger partial charge on any atom is 2.00 e. The quantitative estimate of drug-likeness (QED) is 0.0204. The Balaban J connectivity index is -0.0000000499. The molecule has 18 nitrogen and oxygen atoms in total. The van der Waals surface area contributed by atoms with Gasteiger partial charge in [0, 0.05) is 47.8 Å². The number of hydrogen-bond acceptors (Lipinski definition) is 12. The molecule has 0 saturated heterocycles. The number of aliphatic hydroxyl groups is 6. The fourth-order valence-electron chi connectivity index (χ4n) is 14.8. The second-order valence-corrected chi connectivity index (χ2v) is 76.8. The molecule has 0 spiro atoms. The van der Waals surface area contributed by atoms with Gasteiger partial charge in [0.1, 0.15) is 0 Å². The molecule has 13 unspecified atom stereocenters. The van der Waals surface area contributed by atoms with Crippen LogP contribution in [0.5, 0.6) is 0 Å². The van der Waals surface area contributed by atoms with Crippen LogP contribution >= 0.6 is 0 Å². The molecule has 0 heterocycles. The van der Waals surface area contributed by atoms with Crippen molar-refractivity contribution in [1.82, 2.24) is 31.9 Å². The zero-order valence-electron chi connectivity index (χ0n) is 99.3. The summed E-state index contributed by atoms with van der Waals surface area (Å²) in [4.78, 5) is 28.8. The first kappa shape index (κ1) is 189. The Bertz CT molecular complexity index is 2180. The summed E-state index contributed by atoms with van der Waals surface area (Å²) >= 11 is 0. The molecule has 0 amide bonds. The number of hydrogen-bond donors (Lipinski definition) is 12. The molecule has 0 aliphatic rings. The second-order valence-electron chi connectivity index (χ2n) is 49.4. The van der Waals surface area contributed by atoms with Crippen molar-refractivity contribution in [3.8, 4) is 0 Å².